The monoisotopic (exact) mass is 275 g/mol. The number of pyridine rings is 1. The average Bonchev–Trinajstić information content (AvgIpc) is 3.00. The van der Waals surface area contributed by atoms with Crippen molar-refractivity contribution in [1.82, 2.24) is 30.9 Å². The molecule has 2 aromatic heterocycles. The summed E-state index contributed by atoms with van der Waals surface area (Å²) in [6.45, 7) is 3.79. The zero-order valence-electron chi connectivity index (χ0n) is 11.6. The molecule has 0 radical (unpaired) electrons. The van der Waals surface area contributed by atoms with Gasteiger partial charge in [0.15, 0.2) is 5.82 Å². The third-order valence-electron chi connectivity index (χ3n) is 2.86. The van der Waals surface area contributed by atoms with E-state index in [1.165, 1.54) is 0 Å². The largest absolute Gasteiger partial charge is 0.373 e. The van der Waals surface area contributed by atoms with Crippen LogP contribution in [0.1, 0.15) is 41.8 Å². The number of hydrogen-bond acceptors (Lipinski definition) is 6. The van der Waals surface area contributed by atoms with Crippen LogP contribution in [0.5, 0.6) is 0 Å². The first-order valence-corrected chi connectivity index (χ1v) is 6.37. The lowest BCUT2D eigenvalue weighted by molar-refractivity contribution is 0.0938. The predicted octanol–water partition coefficient (Wildman–Crippen LogP) is 0.690. The molecule has 0 bridgehead atoms. The van der Waals surface area contributed by atoms with Gasteiger partial charge in [-0.05, 0) is 25.5 Å². The van der Waals surface area contributed by atoms with Crippen LogP contribution in [0.4, 0.5) is 5.82 Å². The van der Waals surface area contributed by atoms with Gasteiger partial charge in [0, 0.05) is 18.3 Å². The van der Waals surface area contributed by atoms with E-state index in [4.69, 9.17) is 0 Å². The molecule has 0 aliphatic rings. The number of aromatic nitrogens is 5. The summed E-state index contributed by atoms with van der Waals surface area (Å²) in [6, 6.07) is 3.16. The predicted molar refractivity (Wildman–Crippen MR) is 73.2 cm³/mol. The Morgan fingerprint density at radius 2 is 2.25 bits per heavy atom. The number of rotatable bonds is 5. The highest BCUT2D eigenvalue weighted by atomic mass is 16.1. The molecule has 0 saturated heterocycles. The third-order valence-corrected chi connectivity index (χ3v) is 2.86. The average molecular weight is 275 g/mol. The first-order valence-electron chi connectivity index (χ1n) is 6.37. The maximum Gasteiger partial charge on any atom is 0.252 e. The van der Waals surface area contributed by atoms with E-state index in [1.54, 1.807) is 26.1 Å². The standard InChI is InChI=1S/C12H17N7O/c1-4-9-5-8(6-10(13-3)15-9)12(20)14-7(2)11-16-18-19-17-11/h5-7H,4H2,1-3H3,(H,13,15)(H,14,20)(H,16,17,18,19). The van der Waals surface area contributed by atoms with Crippen molar-refractivity contribution in [2.45, 2.75) is 26.3 Å². The molecular weight excluding hydrogens is 258 g/mol. The maximum absolute atomic E-state index is 12.2. The molecule has 0 fully saturated rings. The van der Waals surface area contributed by atoms with E-state index < -0.39 is 0 Å². The van der Waals surface area contributed by atoms with Crippen molar-refractivity contribution >= 4 is 11.7 Å². The van der Waals surface area contributed by atoms with E-state index in [9.17, 15) is 4.79 Å². The Balaban J connectivity index is 2.16. The second-order valence-corrected chi connectivity index (χ2v) is 4.30. The van der Waals surface area contributed by atoms with E-state index in [2.05, 4.69) is 36.2 Å². The van der Waals surface area contributed by atoms with Gasteiger partial charge in [0.2, 0.25) is 0 Å². The van der Waals surface area contributed by atoms with Crippen molar-refractivity contribution in [3.63, 3.8) is 0 Å². The molecule has 0 spiro atoms. The summed E-state index contributed by atoms with van der Waals surface area (Å²) in [5.41, 5.74) is 1.41. The van der Waals surface area contributed by atoms with Gasteiger partial charge in [0.25, 0.3) is 5.91 Å². The highest BCUT2D eigenvalue weighted by Crippen LogP contribution is 2.12. The minimum Gasteiger partial charge on any atom is -0.373 e. The first-order chi connectivity index (χ1) is 9.63. The van der Waals surface area contributed by atoms with Gasteiger partial charge < -0.3 is 10.6 Å². The Labute approximate surface area is 116 Å². The molecule has 1 unspecified atom stereocenters. The van der Waals surface area contributed by atoms with Crippen LogP contribution in [0.2, 0.25) is 0 Å². The van der Waals surface area contributed by atoms with E-state index in [1.807, 2.05) is 6.92 Å². The number of carbonyl (C=O) groups excluding carboxylic acids is 1. The third kappa shape index (κ3) is 3.08. The molecule has 3 N–H and O–H groups in total. The molecule has 106 valence electrons. The summed E-state index contributed by atoms with van der Waals surface area (Å²) in [7, 11) is 1.77. The van der Waals surface area contributed by atoms with Crippen LogP contribution >= 0.6 is 0 Å². The van der Waals surface area contributed by atoms with Gasteiger partial charge in [0.05, 0.1) is 6.04 Å². The van der Waals surface area contributed by atoms with E-state index >= 15 is 0 Å². The number of H-pyrrole nitrogens is 1. The van der Waals surface area contributed by atoms with Crippen LogP contribution in [-0.2, 0) is 6.42 Å². The fourth-order valence-electron chi connectivity index (χ4n) is 1.73. The van der Waals surface area contributed by atoms with Crippen molar-refractivity contribution < 1.29 is 4.79 Å². The van der Waals surface area contributed by atoms with Crippen LogP contribution in [-0.4, -0.2) is 38.6 Å². The summed E-state index contributed by atoms with van der Waals surface area (Å²) in [5.74, 6) is 0.912. The molecule has 2 rings (SSSR count). The van der Waals surface area contributed by atoms with Crippen molar-refractivity contribution in [3.05, 3.63) is 29.2 Å². The smallest absolute Gasteiger partial charge is 0.252 e. The van der Waals surface area contributed by atoms with E-state index in [0.29, 0.717) is 17.2 Å². The Hall–Kier alpha value is -2.51. The van der Waals surface area contributed by atoms with Crippen LogP contribution < -0.4 is 10.6 Å². The van der Waals surface area contributed by atoms with Crippen LogP contribution in [0.3, 0.4) is 0 Å². The topological polar surface area (TPSA) is 108 Å². The maximum atomic E-state index is 12.2. The molecule has 0 saturated carbocycles. The molecule has 0 aliphatic carbocycles. The lowest BCUT2D eigenvalue weighted by atomic mass is 10.1. The van der Waals surface area contributed by atoms with Gasteiger partial charge in [-0.15, -0.1) is 10.2 Å². The SMILES string of the molecule is CCc1cc(C(=O)NC(C)c2nn[nH]n2)cc(NC)n1. The van der Waals surface area contributed by atoms with E-state index in [-0.39, 0.29) is 11.9 Å². The molecule has 0 aliphatic heterocycles. The van der Waals surface area contributed by atoms with Crippen LogP contribution in [0.15, 0.2) is 12.1 Å². The number of carbonyl (C=O) groups is 1. The minimum atomic E-state index is -0.322. The summed E-state index contributed by atoms with van der Waals surface area (Å²) in [4.78, 5) is 16.6. The van der Waals surface area contributed by atoms with Crippen molar-refractivity contribution in [2.24, 2.45) is 0 Å². The number of nitrogens with zero attached hydrogens (tertiary/aromatic N) is 4. The fraction of sp³-hybridized carbons (Fsp3) is 0.417. The Morgan fingerprint density at radius 3 is 2.85 bits per heavy atom. The summed E-state index contributed by atoms with van der Waals surface area (Å²) < 4.78 is 0. The molecule has 8 nitrogen and oxygen atoms in total. The van der Waals surface area contributed by atoms with Crippen molar-refractivity contribution in [1.29, 1.82) is 0 Å². The summed E-state index contributed by atoms with van der Waals surface area (Å²) >= 11 is 0. The number of amides is 1. The molecule has 1 amide bonds. The molecule has 0 aromatic carbocycles. The first kappa shape index (κ1) is 13.9. The number of anilines is 1. The fourth-order valence-corrected chi connectivity index (χ4v) is 1.73. The molecule has 8 heteroatoms. The van der Waals surface area contributed by atoms with Gasteiger partial charge >= 0.3 is 0 Å². The van der Waals surface area contributed by atoms with E-state index in [0.717, 1.165) is 12.1 Å². The zero-order valence-corrected chi connectivity index (χ0v) is 11.6. The summed E-state index contributed by atoms with van der Waals surface area (Å²) in [5, 5.41) is 19.3. The number of aromatic amines is 1. The van der Waals surface area contributed by atoms with Gasteiger partial charge in [-0.1, -0.05) is 12.1 Å². The molecule has 20 heavy (non-hydrogen) atoms. The highest BCUT2D eigenvalue weighted by molar-refractivity contribution is 5.95. The van der Waals surface area contributed by atoms with Gasteiger partial charge in [0.1, 0.15) is 5.82 Å². The quantitative estimate of drug-likeness (QED) is 0.741. The lowest BCUT2D eigenvalue weighted by Gasteiger charge is -2.11. The Bertz CT molecular complexity index is 559. The normalized spacial score (nSPS) is 11.9. The zero-order chi connectivity index (χ0) is 14.5. The lowest BCUT2D eigenvalue weighted by Crippen LogP contribution is -2.27. The minimum absolute atomic E-state index is 0.198. The molecular formula is C12H17N7O. The number of hydrogen-bond donors (Lipinski definition) is 3. The molecule has 2 aromatic rings. The molecule has 2 heterocycles. The van der Waals surface area contributed by atoms with Crippen molar-refractivity contribution in [3.8, 4) is 0 Å². The van der Waals surface area contributed by atoms with Crippen molar-refractivity contribution in [2.75, 3.05) is 12.4 Å². The Morgan fingerprint density at radius 1 is 1.45 bits per heavy atom. The number of tetrazole rings is 1. The second kappa shape index (κ2) is 6.09. The van der Waals surface area contributed by atoms with Gasteiger partial charge in [-0.2, -0.15) is 5.21 Å². The number of nitrogens with one attached hydrogen (secondary N) is 3. The van der Waals surface area contributed by atoms with Crippen LogP contribution in [0, 0.1) is 0 Å². The number of aryl methyl sites for hydroxylation is 1. The second-order valence-electron chi connectivity index (χ2n) is 4.30. The van der Waals surface area contributed by atoms with Crippen LogP contribution in [0.25, 0.3) is 0 Å². The Kier molecular flexibility index (Phi) is 4.24. The molecule has 1 atom stereocenters. The van der Waals surface area contributed by atoms with Gasteiger partial charge in [-0.3, -0.25) is 4.79 Å². The van der Waals surface area contributed by atoms with Gasteiger partial charge in [-0.25, -0.2) is 4.98 Å². The summed E-state index contributed by atoms with van der Waals surface area (Å²) in [6.07, 6.45) is 0.760. The highest BCUT2D eigenvalue weighted by Gasteiger charge is 2.15.